The molecule has 2 amide bonds. The number of nitrogens with zero attached hydrogens (tertiary/aromatic N) is 4. The summed E-state index contributed by atoms with van der Waals surface area (Å²) in [5.41, 5.74) is 8.44. The van der Waals surface area contributed by atoms with Crippen LogP contribution in [0.2, 0.25) is 0 Å². The molecular formula is C18H24FN5O3. The SMILES string of the molecule is CC(C)(C)OC(=O)N1CC(N=[N+]=[N-])CC1C(=O)NCCc1ccccc1F. The fraction of sp³-hybridized carbons (Fsp3) is 0.556. The van der Waals surface area contributed by atoms with Crippen molar-refractivity contribution in [2.75, 3.05) is 13.1 Å². The van der Waals surface area contributed by atoms with Crippen molar-refractivity contribution in [2.45, 2.75) is 51.3 Å². The van der Waals surface area contributed by atoms with Gasteiger partial charge in [0.2, 0.25) is 5.91 Å². The summed E-state index contributed by atoms with van der Waals surface area (Å²) in [5.74, 6) is -0.709. The number of nitrogens with one attached hydrogen (secondary N) is 1. The van der Waals surface area contributed by atoms with Crippen LogP contribution in [0, 0.1) is 5.82 Å². The van der Waals surface area contributed by atoms with Crippen LogP contribution >= 0.6 is 0 Å². The van der Waals surface area contributed by atoms with Crippen LogP contribution in [0.4, 0.5) is 9.18 Å². The molecule has 146 valence electrons. The average molecular weight is 377 g/mol. The third-order valence-corrected chi connectivity index (χ3v) is 4.08. The number of azide groups is 1. The van der Waals surface area contributed by atoms with Crippen molar-refractivity contribution < 1.29 is 18.7 Å². The Kier molecular flexibility index (Phi) is 6.63. The molecule has 2 rings (SSSR count). The number of hydrogen-bond acceptors (Lipinski definition) is 4. The van der Waals surface area contributed by atoms with Crippen molar-refractivity contribution in [1.29, 1.82) is 0 Å². The Morgan fingerprint density at radius 3 is 2.74 bits per heavy atom. The normalized spacial score (nSPS) is 19.3. The minimum atomic E-state index is -0.795. The monoisotopic (exact) mass is 377 g/mol. The minimum absolute atomic E-state index is 0.115. The third kappa shape index (κ3) is 5.86. The number of benzene rings is 1. The molecule has 2 atom stereocenters. The lowest BCUT2D eigenvalue weighted by Gasteiger charge is -2.28. The van der Waals surface area contributed by atoms with Gasteiger partial charge in [-0.05, 0) is 50.8 Å². The molecule has 8 nitrogen and oxygen atoms in total. The molecule has 1 saturated heterocycles. The lowest BCUT2D eigenvalue weighted by Crippen LogP contribution is -2.47. The first-order chi connectivity index (χ1) is 12.7. The maximum atomic E-state index is 13.6. The van der Waals surface area contributed by atoms with Crippen molar-refractivity contribution in [3.8, 4) is 0 Å². The van der Waals surface area contributed by atoms with Crippen molar-refractivity contribution >= 4 is 12.0 Å². The third-order valence-electron chi connectivity index (χ3n) is 4.08. The molecule has 1 aliphatic rings. The standard InChI is InChI=1S/C18H24FN5O3/c1-18(2,3)27-17(26)24-11-13(22-23-20)10-15(24)16(25)21-9-8-12-6-4-5-7-14(12)19/h4-7,13,15H,8-11H2,1-3H3,(H,21,25). The molecule has 0 bridgehead atoms. The molecule has 1 fully saturated rings. The van der Waals surface area contributed by atoms with E-state index >= 15 is 0 Å². The van der Waals surface area contributed by atoms with Crippen LogP contribution in [0.3, 0.4) is 0 Å². The second-order valence-corrected chi connectivity index (χ2v) is 7.38. The van der Waals surface area contributed by atoms with Crippen LogP contribution in [-0.2, 0) is 16.0 Å². The lowest BCUT2D eigenvalue weighted by atomic mass is 10.1. The number of carbonyl (C=O) groups excluding carboxylic acids is 2. The zero-order valence-corrected chi connectivity index (χ0v) is 15.7. The van der Waals surface area contributed by atoms with Gasteiger partial charge in [0.05, 0.1) is 6.04 Å². The van der Waals surface area contributed by atoms with Gasteiger partial charge < -0.3 is 10.1 Å². The average Bonchev–Trinajstić information content (AvgIpc) is 2.99. The molecule has 0 spiro atoms. The van der Waals surface area contributed by atoms with Gasteiger partial charge in [0, 0.05) is 18.0 Å². The van der Waals surface area contributed by atoms with Gasteiger partial charge >= 0.3 is 6.09 Å². The van der Waals surface area contributed by atoms with Gasteiger partial charge in [0.25, 0.3) is 0 Å². The van der Waals surface area contributed by atoms with Crippen LogP contribution in [0.15, 0.2) is 29.4 Å². The van der Waals surface area contributed by atoms with Crippen molar-refractivity contribution in [1.82, 2.24) is 10.2 Å². The van der Waals surface area contributed by atoms with Crippen LogP contribution in [0.25, 0.3) is 10.4 Å². The van der Waals surface area contributed by atoms with Gasteiger partial charge in [-0.3, -0.25) is 9.69 Å². The molecule has 1 aliphatic heterocycles. The second kappa shape index (κ2) is 8.73. The highest BCUT2D eigenvalue weighted by Gasteiger charge is 2.41. The Balaban J connectivity index is 2.00. The summed E-state index contributed by atoms with van der Waals surface area (Å²) in [7, 11) is 0. The number of ether oxygens (including phenoxy) is 1. The summed E-state index contributed by atoms with van der Waals surface area (Å²) >= 11 is 0. The molecule has 0 aliphatic carbocycles. The first-order valence-corrected chi connectivity index (χ1v) is 8.76. The zero-order valence-electron chi connectivity index (χ0n) is 15.7. The molecule has 1 aromatic rings. The Morgan fingerprint density at radius 1 is 1.41 bits per heavy atom. The number of halogens is 1. The number of carbonyl (C=O) groups is 2. The molecule has 0 aromatic heterocycles. The minimum Gasteiger partial charge on any atom is -0.444 e. The smallest absolute Gasteiger partial charge is 0.410 e. The van der Waals surface area contributed by atoms with E-state index in [9.17, 15) is 14.0 Å². The fourth-order valence-corrected chi connectivity index (χ4v) is 2.88. The van der Waals surface area contributed by atoms with Crippen molar-refractivity contribution in [2.24, 2.45) is 5.11 Å². The quantitative estimate of drug-likeness (QED) is 0.484. The van der Waals surface area contributed by atoms with E-state index in [1.807, 2.05) is 0 Å². The van der Waals surface area contributed by atoms with E-state index in [1.165, 1.54) is 11.0 Å². The topological polar surface area (TPSA) is 107 Å². The highest BCUT2D eigenvalue weighted by atomic mass is 19.1. The van der Waals surface area contributed by atoms with E-state index < -0.39 is 23.8 Å². The van der Waals surface area contributed by atoms with Gasteiger partial charge in [0.1, 0.15) is 17.5 Å². The van der Waals surface area contributed by atoms with Gasteiger partial charge in [0.15, 0.2) is 0 Å². The summed E-state index contributed by atoms with van der Waals surface area (Å²) in [6.07, 6.45) is -0.0842. The Labute approximate surface area is 157 Å². The highest BCUT2D eigenvalue weighted by Crippen LogP contribution is 2.23. The number of amides is 2. The molecule has 1 heterocycles. The Bertz CT molecular complexity index is 743. The van der Waals surface area contributed by atoms with E-state index in [1.54, 1.807) is 39.0 Å². The van der Waals surface area contributed by atoms with Gasteiger partial charge in [-0.25, -0.2) is 9.18 Å². The van der Waals surface area contributed by atoms with E-state index in [2.05, 4.69) is 15.3 Å². The zero-order chi connectivity index (χ0) is 20.0. The van der Waals surface area contributed by atoms with Crippen LogP contribution in [-0.4, -0.2) is 47.7 Å². The van der Waals surface area contributed by atoms with E-state index in [-0.39, 0.29) is 31.2 Å². The largest absolute Gasteiger partial charge is 0.444 e. The first-order valence-electron chi connectivity index (χ1n) is 8.76. The second-order valence-electron chi connectivity index (χ2n) is 7.38. The van der Waals surface area contributed by atoms with Gasteiger partial charge in [-0.15, -0.1) is 0 Å². The fourth-order valence-electron chi connectivity index (χ4n) is 2.88. The molecular weight excluding hydrogens is 353 g/mol. The van der Waals surface area contributed by atoms with E-state index in [0.717, 1.165) is 0 Å². The van der Waals surface area contributed by atoms with Crippen molar-refractivity contribution in [3.63, 3.8) is 0 Å². The summed E-state index contributed by atoms with van der Waals surface area (Å²) in [4.78, 5) is 29.0. The first kappa shape index (κ1) is 20.5. The summed E-state index contributed by atoms with van der Waals surface area (Å²) in [6, 6.07) is 5.06. The predicted octanol–water partition coefficient (Wildman–Crippen LogP) is 3.17. The summed E-state index contributed by atoms with van der Waals surface area (Å²) in [5, 5.41) is 6.35. The molecule has 2 unspecified atom stereocenters. The number of likely N-dealkylation sites (tertiary alicyclic amines) is 1. The highest BCUT2D eigenvalue weighted by molar-refractivity contribution is 5.86. The molecule has 1 aromatic carbocycles. The molecule has 1 N–H and O–H groups in total. The summed E-state index contributed by atoms with van der Waals surface area (Å²) < 4.78 is 19.0. The van der Waals surface area contributed by atoms with E-state index in [4.69, 9.17) is 10.3 Å². The maximum absolute atomic E-state index is 13.6. The van der Waals surface area contributed by atoms with Crippen LogP contribution in [0.1, 0.15) is 32.8 Å². The van der Waals surface area contributed by atoms with Gasteiger partial charge in [-0.1, -0.05) is 23.3 Å². The van der Waals surface area contributed by atoms with Crippen LogP contribution < -0.4 is 5.32 Å². The number of hydrogen-bond donors (Lipinski definition) is 1. The molecule has 0 radical (unpaired) electrons. The predicted molar refractivity (Wildman–Crippen MR) is 97.4 cm³/mol. The van der Waals surface area contributed by atoms with Crippen molar-refractivity contribution in [3.05, 3.63) is 46.1 Å². The van der Waals surface area contributed by atoms with Crippen LogP contribution in [0.5, 0.6) is 0 Å². The maximum Gasteiger partial charge on any atom is 0.410 e. The Hall–Kier alpha value is -2.80. The number of rotatable bonds is 5. The lowest BCUT2D eigenvalue weighted by molar-refractivity contribution is -0.125. The summed E-state index contributed by atoms with van der Waals surface area (Å²) in [6.45, 7) is 5.54. The van der Waals surface area contributed by atoms with E-state index in [0.29, 0.717) is 12.0 Å². The molecule has 0 saturated carbocycles. The molecule has 27 heavy (non-hydrogen) atoms. The molecule has 9 heteroatoms. The Morgan fingerprint density at radius 2 is 2.11 bits per heavy atom. The van der Waals surface area contributed by atoms with Gasteiger partial charge in [-0.2, -0.15) is 0 Å².